The number of rotatable bonds is 5. The first-order valence-electron chi connectivity index (χ1n) is 16.2. The maximum absolute atomic E-state index is 4.10. The molecule has 0 N–H and O–H groups in total. The van der Waals surface area contributed by atoms with Gasteiger partial charge in [-0.3, -0.25) is 19.2 Å². The average Bonchev–Trinajstić information content (AvgIpc) is 3.93. The van der Waals surface area contributed by atoms with E-state index in [2.05, 4.69) is 133 Å². The van der Waals surface area contributed by atoms with Gasteiger partial charge in [0.05, 0.1) is 17.1 Å². The topological polar surface area (TPSA) is 70.4 Å². The Morgan fingerprint density at radius 1 is 0.588 bits per heavy atom. The van der Waals surface area contributed by atoms with E-state index in [1.54, 1.807) is 13.1 Å². The van der Waals surface area contributed by atoms with E-state index in [-0.39, 0.29) is 20.1 Å². The molecule has 0 saturated carbocycles. The summed E-state index contributed by atoms with van der Waals surface area (Å²) in [4.78, 5) is 8.19. The van der Waals surface area contributed by atoms with Crippen LogP contribution in [0.4, 0.5) is 0 Å². The Labute approximate surface area is 313 Å². The molecule has 4 aromatic heterocycles. The summed E-state index contributed by atoms with van der Waals surface area (Å²) in [6.07, 6.45) is 16.3. The third-order valence-electron chi connectivity index (χ3n) is 7.66. The molecule has 0 saturated heterocycles. The minimum Gasteiger partial charge on any atom is -0.421 e. The Bertz CT molecular complexity index is 1990. The Hall–Kier alpha value is -5.76. The maximum Gasteiger partial charge on any atom is 0.267 e. The molecule has 0 unspecified atom stereocenters. The normalized spacial score (nSPS) is 10.3. The second-order valence-electron chi connectivity index (χ2n) is 11.8. The van der Waals surface area contributed by atoms with E-state index in [1.807, 2.05) is 85.5 Å². The molecule has 0 spiro atoms. The second kappa shape index (κ2) is 17.3. The third kappa shape index (κ3) is 9.91. The molecule has 257 valence electrons. The average molecular weight is 846 g/mol. The van der Waals surface area contributed by atoms with Crippen molar-refractivity contribution in [2.45, 2.75) is 34.6 Å². The van der Waals surface area contributed by atoms with Gasteiger partial charge in [0.2, 0.25) is 0 Å². The standard InChI is InChI=1S/2C17H15N2.C8H7N4.Ir/c2*1-14-3-7-16(8-4-14)18-11-12-19(13-18)17-9-5-15(2)6-10-17;1-6-10-8(12-11-6)7-4-2-3-5-9-7;/h2*3-9,11-12H,1-2H3;2-5H,1H3;/q3*-1;. The van der Waals surface area contributed by atoms with Crippen LogP contribution in [-0.2, 0) is 20.1 Å². The van der Waals surface area contributed by atoms with E-state index in [0.717, 1.165) is 28.4 Å². The van der Waals surface area contributed by atoms with Gasteiger partial charge in [-0.05, 0) is 74.4 Å². The molecule has 8 rings (SSSR count). The first-order chi connectivity index (χ1) is 24.3. The molecule has 0 atom stereocenters. The Morgan fingerprint density at radius 3 is 1.47 bits per heavy atom. The van der Waals surface area contributed by atoms with Gasteiger partial charge in [-0.2, -0.15) is 59.7 Å². The van der Waals surface area contributed by atoms with Crippen molar-refractivity contribution >= 4 is 0 Å². The molecular formula is C42H37IrN8-3. The molecule has 4 aromatic carbocycles. The molecule has 0 aliphatic rings. The summed E-state index contributed by atoms with van der Waals surface area (Å²) in [5.74, 6) is 1.27. The number of nitrogens with zero attached hydrogens (tertiary/aromatic N) is 8. The molecule has 9 heteroatoms. The molecule has 8 nitrogen and oxygen atoms in total. The largest absolute Gasteiger partial charge is 0.421 e. The predicted octanol–water partition coefficient (Wildman–Crippen LogP) is 6.74. The Balaban J connectivity index is 0.000000151. The van der Waals surface area contributed by atoms with Gasteiger partial charge in [0, 0.05) is 56.9 Å². The third-order valence-corrected chi connectivity index (χ3v) is 7.66. The van der Waals surface area contributed by atoms with Crippen molar-refractivity contribution in [1.82, 2.24) is 29.3 Å². The number of aryl methyl sites for hydroxylation is 5. The van der Waals surface area contributed by atoms with Crippen molar-refractivity contribution in [3.8, 4) is 34.3 Å². The first kappa shape index (κ1) is 36.5. The smallest absolute Gasteiger partial charge is 0.267 e. The summed E-state index contributed by atoms with van der Waals surface area (Å²) in [5, 5.41) is 7.65. The van der Waals surface area contributed by atoms with Crippen molar-refractivity contribution in [2.75, 3.05) is 0 Å². The number of aromatic nitrogens is 8. The molecule has 0 aliphatic heterocycles. The van der Waals surface area contributed by atoms with Gasteiger partial charge in [-0.1, -0.05) is 55.3 Å². The summed E-state index contributed by atoms with van der Waals surface area (Å²) in [6.45, 7) is 10.1. The fourth-order valence-electron chi connectivity index (χ4n) is 4.81. The quantitative estimate of drug-likeness (QED) is 0.142. The van der Waals surface area contributed by atoms with Crippen molar-refractivity contribution < 1.29 is 29.2 Å². The first-order valence-corrected chi connectivity index (χ1v) is 16.2. The molecular weight excluding hydrogens is 809 g/mol. The fourth-order valence-corrected chi connectivity index (χ4v) is 4.81. The van der Waals surface area contributed by atoms with Crippen LogP contribution >= 0.6 is 0 Å². The zero-order valence-electron chi connectivity index (χ0n) is 29.1. The summed E-state index contributed by atoms with van der Waals surface area (Å²) in [5.41, 5.74) is 9.91. The summed E-state index contributed by atoms with van der Waals surface area (Å²) in [7, 11) is 0. The van der Waals surface area contributed by atoms with Crippen molar-refractivity contribution in [1.29, 1.82) is 0 Å². The molecule has 0 fully saturated rings. The number of imidazole rings is 2. The molecule has 51 heavy (non-hydrogen) atoms. The van der Waals surface area contributed by atoms with E-state index in [1.165, 1.54) is 22.3 Å². The van der Waals surface area contributed by atoms with Gasteiger partial charge in [0.25, 0.3) is 12.7 Å². The van der Waals surface area contributed by atoms with Crippen molar-refractivity contribution in [2.24, 2.45) is 0 Å². The van der Waals surface area contributed by atoms with Gasteiger partial charge in [0.15, 0.2) is 0 Å². The van der Waals surface area contributed by atoms with Crippen LogP contribution in [0, 0.1) is 59.4 Å². The van der Waals surface area contributed by atoms with Gasteiger partial charge >= 0.3 is 0 Å². The van der Waals surface area contributed by atoms with E-state index in [4.69, 9.17) is 0 Å². The van der Waals surface area contributed by atoms with Gasteiger partial charge in [0.1, 0.15) is 0 Å². The van der Waals surface area contributed by atoms with E-state index in [9.17, 15) is 0 Å². The number of pyridine rings is 1. The van der Waals surface area contributed by atoms with Crippen LogP contribution in [-0.4, -0.2) is 24.2 Å². The fraction of sp³-hybridized carbons (Fsp3) is 0.119. The molecule has 0 aliphatic carbocycles. The maximum atomic E-state index is 4.10. The molecule has 1 radical (unpaired) electrons. The van der Waals surface area contributed by atoms with Gasteiger partial charge < -0.3 is 19.2 Å². The number of hydrogen-bond donors (Lipinski definition) is 0. The van der Waals surface area contributed by atoms with Crippen molar-refractivity contribution in [3.63, 3.8) is 0 Å². The summed E-state index contributed by atoms with van der Waals surface area (Å²) >= 11 is 0. The van der Waals surface area contributed by atoms with Gasteiger partial charge in [-0.15, -0.1) is 0 Å². The molecule has 8 aromatic rings. The molecule has 0 amide bonds. The molecule has 4 heterocycles. The monoisotopic (exact) mass is 846 g/mol. The zero-order valence-corrected chi connectivity index (χ0v) is 31.5. The molecule has 0 bridgehead atoms. The van der Waals surface area contributed by atoms with E-state index >= 15 is 0 Å². The Kier molecular flexibility index (Phi) is 12.4. The van der Waals surface area contributed by atoms with Crippen LogP contribution in [0.25, 0.3) is 34.3 Å². The minimum absolute atomic E-state index is 0. The SMILES string of the molecule is Cc1c[c-]c(-n2[c-][n+](-c3ccc(C)cc3)cc2)cc1.Cc1c[c-]c(-n2[c-][n+](-c3ccc(C)cc3)cc2)cc1.Cc1n[n-]c(-c2ccccn2)n1.[Ir]. The van der Waals surface area contributed by atoms with Crippen LogP contribution in [0.5, 0.6) is 0 Å². The predicted molar refractivity (Wildman–Crippen MR) is 192 cm³/mol. The van der Waals surface area contributed by atoms with E-state index < -0.39 is 0 Å². The van der Waals surface area contributed by atoms with Crippen LogP contribution in [0.3, 0.4) is 0 Å². The van der Waals surface area contributed by atoms with Gasteiger partial charge in [-0.25, -0.2) is 0 Å². The minimum atomic E-state index is 0. The summed E-state index contributed by atoms with van der Waals surface area (Å²) in [6, 6.07) is 41.1. The summed E-state index contributed by atoms with van der Waals surface area (Å²) < 4.78 is 7.85. The second-order valence-corrected chi connectivity index (χ2v) is 11.8. The van der Waals surface area contributed by atoms with Crippen molar-refractivity contribution in [3.05, 3.63) is 187 Å². The van der Waals surface area contributed by atoms with Crippen LogP contribution < -0.4 is 14.2 Å². The number of hydrogen-bond acceptors (Lipinski definition) is 3. The van der Waals surface area contributed by atoms with Crippen LogP contribution in [0.2, 0.25) is 0 Å². The van der Waals surface area contributed by atoms with Crippen LogP contribution in [0.15, 0.2) is 134 Å². The van der Waals surface area contributed by atoms with E-state index in [0.29, 0.717) is 11.6 Å². The van der Waals surface area contributed by atoms with Crippen LogP contribution in [0.1, 0.15) is 28.1 Å². The zero-order chi connectivity index (χ0) is 34.9. The Morgan fingerprint density at radius 2 is 1.08 bits per heavy atom. The number of benzene rings is 4.